The molecule has 1 amide bonds. The van der Waals surface area contributed by atoms with Crippen LogP contribution >= 0.6 is 0 Å². The molecule has 0 aromatic heterocycles. The lowest BCUT2D eigenvalue weighted by molar-refractivity contribution is -0.302. The van der Waals surface area contributed by atoms with Gasteiger partial charge in [-0.2, -0.15) is 0 Å². The summed E-state index contributed by atoms with van der Waals surface area (Å²) in [6.45, 7) is 3.85. The van der Waals surface area contributed by atoms with Crippen molar-refractivity contribution in [1.29, 1.82) is 0 Å². The zero-order valence-corrected chi connectivity index (χ0v) is 41.1. The Balaban J connectivity index is 2.25. The highest BCUT2D eigenvalue weighted by atomic mass is 16.7. The van der Waals surface area contributed by atoms with Crippen LogP contribution in [0.25, 0.3) is 0 Å². The number of hydrogen-bond acceptors (Lipinski definition) is 8. The van der Waals surface area contributed by atoms with Crippen LogP contribution in [0.15, 0.2) is 24.3 Å². The Morgan fingerprint density at radius 2 is 0.937 bits per heavy atom. The van der Waals surface area contributed by atoms with Crippen molar-refractivity contribution in [1.82, 2.24) is 5.32 Å². The molecule has 63 heavy (non-hydrogen) atoms. The van der Waals surface area contributed by atoms with Crippen molar-refractivity contribution >= 4 is 5.91 Å². The number of allylic oxidation sites excluding steroid dienone is 4. The van der Waals surface area contributed by atoms with E-state index < -0.39 is 49.5 Å². The SMILES string of the molecule is CCCCCCCCCCC/C=C\C/C=C\CCCCCCCCCC(=O)NC(COC1OC(CO)C(O)C(O)C1O)C(O)CCCCCCCCCCCCCCCCCCC. The number of hydrogen-bond donors (Lipinski definition) is 6. The first-order valence-electron chi connectivity index (χ1n) is 27.0. The quantitative estimate of drug-likeness (QED) is 0.0261. The molecule has 0 saturated carbocycles. The fourth-order valence-corrected chi connectivity index (χ4v) is 8.72. The predicted octanol–water partition coefficient (Wildman–Crippen LogP) is 12.6. The fourth-order valence-electron chi connectivity index (χ4n) is 8.72. The van der Waals surface area contributed by atoms with Crippen molar-refractivity contribution < 1.29 is 39.8 Å². The van der Waals surface area contributed by atoms with Crippen LogP contribution in [0, 0.1) is 0 Å². The third-order valence-electron chi connectivity index (χ3n) is 13.1. The van der Waals surface area contributed by atoms with Gasteiger partial charge in [0.2, 0.25) is 5.91 Å². The first kappa shape index (κ1) is 59.7. The van der Waals surface area contributed by atoms with Gasteiger partial charge in [0.25, 0.3) is 0 Å². The van der Waals surface area contributed by atoms with E-state index in [1.165, 1.54) is 180 Å². The molecule has 0 bridgehead atoms. The maximum atomic E-state index is 13.0. The van der Waals surface area contributed by atoms with E-state index in [9.17, 15) is 30.3 Å². The van der Waals surface area contributed by atoms with Crippen molar-refractivity contribution in [3.8, 4) is 0 Å². The second kappa shape index (κ2) is 44.5. The third-order valence-corrected chi connectivity index (χ3v) is 13.1. The predicted molar refractivity (Wildman–Crippen MR) is 263 cm³/mol. The lowest BCUT2D eigenvalue weighted by Crippen LogP contribution is -2.60. The van der Waals surface area contributed by atoms with E-state index in [-0.39, 0.29) is 12.5 Å². The van der Waals surface area contributed by atoms with Gasteiger partial charge in [0.1, 0.15) is 24.4 Å². The van der Waals surface area contributed by atoms with Crippen LogP contribution in [0.2, 0.25) is 0 Å². The van der Waals surface area contributed by atoms with Gasteiger partial charge in [0.05, 0.1) is 25.4 Å². The number of carbonyl (C=O) groups excluding carboxylic acids is 1. The third kappa shape index (κ3) is 34.6. The molecule has 0 radical (unpaired) electrons. The molecule has 7 atom stereocenters. The summed E-state index contributed by atoms with van der Waals surface area (Å²) in [4.78, 5) is 13.0. The van der Waals surface area contributed by atoms with Gasteiger partial charge in [-0.1, -0.05) is 231 Å². The van der Waals surface area contributed by atoms with Gasteiger partial charge < -0.3 is 40.3 Å². The standard InChI is InChI=1S/C54H103NO8/c1-3-5-7-9-11-13-15-17-19-21-22-23-24-25-26-28-30-32-34-36-38-40-42-44-50(58)55-47(46-62-54-53(61)52(60)51(59)49(45-56)63-54)48(57)43-41-39-37-35-33-31-29-27-20-18-16-14-12-10-8-6-4-2/h22-23,25-26,47-49,51-54,56-57,59-61H,3-21,24,27-46H2,1-2H3,(H,55,58)/b23-22-,26-25-. The molecule has 1 aliphatic heterocycles. The molecular weight excluding hydrogens is 791 g/mol. The lowest BCUT2D eigenvalue weighted by Gasteiger charge is -2.40. The van der Waals surface area contributed by atoms with E-state index in [4.69, 9.17) is 9.47 Å². The average Bonchev–Trinajstić information content (AvgIpc) is 3.28. The highest BCUT2D eigenvalue weighted by Gasteiger charge is 2.44. The maximum Gasteiger partial charge on any atom is 0.220 e. The largest absolute Gasteiger partial charge is 0.394 e. The Hall–Kier alpha value is -1.33. The summed E-state index contributed by atoms with van der Waals surface area (Å²) in [5, 5.41) is 54.6. The maximum absolute atomic E-state index is 13.0. The normalized spacial score (nSPS) is 20.3. The van der Waals surface area contributed by atoms with E-state index in [0.717, 1.165) is 51.4 Å². The fraction of sp³-hybridized carbons (Fsp3) is 0.907. The van der Waals surface area contributed by atoms with Crippen molar-refractivity contribution in [3.05, 3.63) is 24.3 Å². The number of ether oxygens (including phenoxy) is 2. The Labute approximate surface area is 388 Å². The van der Waals surface area contributed by atoms with Crippen LogP contribution in [0.1, 0.15) is 258 Å². The summed E-state index contributed by atoms with van der Waals surface area (Å²) in [5.41, 5.74) is 0. The molecule has 1 heterocycles. The van der Waals surface area contributed by atoms with Gasteiger partial charge in [-0.05, 0) is 44.9 Å². The van der Waals surface area contributed by atoms with E-state index >= 15 is 0 Å². The summed E-state index contributed by atoms with van der Waals surface area (Å²) >= 11 is 0. The van der Waals surface area contributed by atoms with Crippen LogP contribution < -0.4 is 5.32 Å². The number of carbonyl (C=O) groups is 1. The molecule has 0 aliphatic carbocycles. The van der Waals surface area contributed by atoms with Crippen LogP contribution in [-0.2, 0) is 14.3 Å². The Bertz CT molecular complexity index is 1040. The van der Waals surface area contributed by atoms with Gasteiger partial charge in [0, 0.05) is 6.42 Å². The van der Waals surface area contributed by atoms with Crippen molar-refractivity contribution in [2.75, 3.05) is 13.2 Å². The molecule has 1 saturated heterocycles. The average molecular weight is 894 g/mol. The summed E-state index contributed by atoms with van der Waals surface area (Å²) in [7, 11) is 0. The minimum atomic E-state index is -1.55. The van der Waals surface area contributed by atoms with Crippen LogP contribution in [0.4, 0.5) is 0 Å². The zero-order chi connectivity index (χ0) is 45.9. The Kier molecular flexibility index (Phi) is 42.2. The molecule has 9 nitrogen and oxygen atoms in total. The molecule has 0 aromatic rings. The van der Waals surface area contributed by atoms with Crippen molar-refractivity contribution in [2.24, 2.45) is 0 Å². The van der Waals surface area contributed by atoms with E-state index in [1.807, 2.05) is 0 Å². The minimum absolute atomic E-state index is 0.139. The second-order valence-electron chi connectivity index (χ2n) is 19.0. The van der Waals surface area contributed by atoms with E-state index in [1.54, 1.807) is 0 Å². The van der Waals surface area contributed by atoms with E-state index in [0.29, 0.717) is 12.8 Å². The van der Waals surface area contributed by atoms with Gasteiger partial charge >= 0.3 is 0 Å². The zero-order valence-electron chi connectivity index (χ0n) is 41.1. The van der Waals surface area contributed by atoms with Gasteiger partial charge in [0.15, 0.2) is 6.29 Å². The van der Waals surface area contributed by atoms with Gasteiger partial charge in [-0.15, -0.1) is 0 Å². The lowest BCUT2D eigenvalue weighted by atomic mass is 9.99. The molecule has 0 spiro atoms. The summed E-state index contributed by atoms with van der Waals surface area (Å²) in [6.07, 6.45) is 47.6. The molecule has 1 rings (SSSR count). The molecule has 9 heteroatoms. The van der Waals surface area contributed by atoms with Crippen molar-refractivity contribution in [3.63, 3.8) is 0 Å². The molecule has 6 N–H and O–H groups in total. The molecular formula is C54H103NO8. The first-order valence-corrected chi connectivity index (χ1v) is 27.0. The smallest absolute Gasteiger partial charge is 0.220 e. The Morgan fingerprint density at radius 1 is 0.540 bits per heavy atom. The second-order valence-corrected chi connectivity index (χ2v) is 19.0. The Morgan fingerprint density at radius 3 is 1.37 bits per heavy atom. The molecule has 1 fully saturated rings. The summed E-state index contributed by atoms with van der Waals surface area (Å²) in [6, 6.07) is -0.722. The van der Waals surface area contributed by atoms with Crippen molar-refractivity contribution in [2.45, 2.75) is 301 Å². The summed E-state index contributed by atoms with van der Waals surface area (Å²) < 4.78 is 11.3. The van der Waals surface area contributed by atoms with Crippen LogP contribution in [-0.4, -0.2) is 87.5 Å². The minimum Gasteiger partial charge on any atom is -0.394 e. The highest BCUT2D eigenvalue weighted by Crippen LogP contribution is 2.23. The molecule has 0 aromatic carbocycles. The topological polar surface area (TPSA) is 149 Å². The first-order chi connectivity index (χ1) is 30.8. The van der Waals surface area contributed by atoms with Gasteiger partial charge in [-0.3, -0.25) is 4.79 Å². The molecule has 7 unspecified atom stereocenters. The monoisotopic (exact) mass is 894 g/mol. The van der Waals surface area contributed by atoms with Gasteiger partial charge in [-0.25, -0.2) is 0 Å². The molecule has 1 aliphatic rings. The number of nitrogens with one attached hydrogen (secondary N) is 1. The highest BCUT2D eigenvalue weighted by molar-refractivity contribution is 5.76. The summed E-state index contributed by atoms with van der Waals surface area (Å²) in [5.74, 6) is -0.149. The van der Waals surface area contributed by atoms with Crippen LogP contribution in [0.3, 0.4) is 0 Å². The van der Waals surface area contributed by atoms with Crippen LogP contribution in [0.5, 0.6) is 0 Å². The number of rotatable bonds is 46. The molecule has 372 valence electrons. The number of aliphatic hydroxyl groups excluding tert-OH is 5. The number of unbranched alkanes of at least 4 members (excludes halogenated alkanes) is 32. The number of aliphatic hydroxyl groups is 5. The number of amides is 1. The van der Waals surface area contributed by atoms with E-state index in [2.05, 4.69) is 43.5 Å².